The Morgan fingerprint density at radius 3 is 2.10 bits per heavy atom. The van der Waals surface area contributed by atoms with Crippen molar-refractivity contribution in [2.75, 3.05) is 0 Å². The van der Waals surface area contributed by atoms with E-state index in [1.165, 1.54) is 6.42 Å². The SMILES string of the molecule is CC(C)S(=O)(=O)Cc1ccc(CCc2cccc(S(=O)(=O)NC3CCCCC3)c2)cc1. The summed E-state index contributed by atoms with van der Waals surface area (Å²) in [4.78, 5) is 0.324. The highest BCUT2D eigenvalue weighted by atomic mass is 32.2. The van der Waals surface area contributed by atoms with Crippen molar-refractivity contribution in [3.05, 3.63) is 65.2 Å². The molecule has 1 aliphatic carbocycles. The summed E-state index contributed by atoms with van der Waals surface area (Å²) >= 11 is 0. The average molecular weight is 464 g/mol. The predicted octanol–water partition coefficient (Wildman–Crippen LogP) is 4.41. The molecule has 2 aromatic rings. The smallest absolute Gasteiger partial charge is 0.228 e. The molecule has 0 saturated heterocycles. The lowest BCUT2D eigenvalue weighted by molar-refractivity contribution is 0.412. The fourth-order valence-corrected chi connectivity index (χ4v) is 6.23. The van der Waals surface area contributed by atoms with Crippen molar-refractivity contribution < 1.29 is 16.8 Å². The molecule has 2 aromatic carbocycles. The van der Waals surface area contributed by atoms with Crippen LogP contribution in [-0.2, 0) is 38.5 Å². The Morgan fingerprint density at radius 2 is 1.45 bits per heavy atom. The molecule has 1 fully saturated rings. The van der Waals surface area contributed by atoms with E-state index in [1.54, 1.807) is 32.0 Å². The fourth-order valence-electron chi connectivity index (χ4n) is 3.87. The van der Waals surface area contributed by atoms with Gasteiger partial charge < -0.3 is 0 Å². The molecule has 0 aliphatic heterocycles. The van der Waals surface area contributed by atoms with E-state index in [0.29, 0.717) is 4.90 Å². The fraction of sp³-hybridized carbons (Fsp3) is 0.500. The first kappa shape index (κ1) is 24.0. The van der Waals surface area contributed by atoms with E-state index < -0.39 is 19.9 Å². The van der Waals surface area contributed by atoms with E-state index in [1.807, 2.05) is 30.3 Å². The summed E-state index contributed by atoms with van der Waals surface area (Å²) in [6, 6.07) is 14.8. The maximum Gasteiger partial charge on any atom is 0.240 e. The van der Waals surface area contributed by atoms with Gasteiger partial charge in [-0.15, -0.1) is 0 Å². The van der Waals surface area contributed by atoms with Crippen molar-refractivity contribution in [2.24, 2.45) is 0 Å². The van der Waals surface area contributed by atoms with Gasteiger partial charge in [0.15, 0.2) is 9.84 Å². The number of hydrogen-bond acceptors (Lipinski definition) is 4. The lowest BCUT2D eigenvalue weighted by atomic mass is 9.96. The molecule has 0 heterocycles. The molecule has 31 heavy (non-hydrogen) atoms. The zero-order chi connectivity index (χ0) is 22.5. The standard InChI is InChI=1S/C24H33NO4S2/c1-19(2)30(26,27)18-22-15-12-20(13-16-22)11-14-21-7-6-10-24(17-21)31(28,29)25-23-8-4-3-5-9-23/h6-7,10,12-13,15-17,19,23,25H,3-5,8-9,11,14,18H2,1-2H3. The van der Waals surface area contributed by atoms with Gasteiger partial charge in [-0.05, 0) is 68.4 Å². The number of nitrogens with one attached hydrogen (secondary N) is 1. The van der Waals surface area contributed by atoms with Gasteiger partial charge in [0.25, 0.3) is 0 Å². The first-order chi connectivity index (χ1) is 14.7. The minimum absolute atomic E-state index is 0.0421. The van der Waals surface area contributed by atoms with Crippen LogP contribution in [0.15, 0.2) is 53.4 Å². The minimum atomic E-state index is -3.50. The van der Waals surface area contributed by atoms with E-state index in [4.69, 9.17) is 0 Å². The summed E-state index contributed by atoms with van der Waals surface area (Å²) in [7, 11) is -6.61. The van der Waals surface area contributed by atoms with Crippen LogP contribution in [-0.4, -0.2) is 28.1 Å². The molecule has 1 saturated carbocycles. The molecule has 1 N–H and O–H groups in total. The Labute approximate surface area is 187 Å². The third kappa shape index (κ3) is 6.89. The number of aryl methyl sites for hydroxylation is 2. The van der Waals surface area contributed by atoms with Gasteiger partial charge in [0.05, 0.1) is 15.9 Å². The second-order valence-electron chi connectivity index (χ2n) is 8.78. The molecule has 3 rings (SSSR count). The summed E-state index contributed by atoms with van der Waals surface area (Å²) in [6.07, 6.45) is 6.64. The van der Waals surface area contributed by atoms with Crippen molar-refractivity contribution in [3.63, 3.8) is 0 Å². The molecule has 170 valence electrons. The van der Waals surface area contributed by atoms with Crippen LogP contribution in [0.2, 0.25) is 0 Å². The molecule has 0 bridgehead atoms. The minimum Gasteiger partial charge on any atom is -0.228 e. The molecule has 0 unspecified atom stereocenters. The van der Waals surface area contributed by atoms with Gasteiger partial charge in [-0.25, -0.2) is 21.6 Å². The van der Waals surface area contributed by atoms with Gasteiger partial charge in [0.2, 0.25) is 10.0 Å². The highest BCUT2D eigenvalue weighted by Gasteiger charge is 2.22. The van der Waals surface area contributed by atoms with Crippen molar-refractivity contribution in [3.8, 4) is 0 Å². The molecule has 7 heteroatoms. The summed E-state index contributed by atoms with van der Waals surface area (Å²) < 4.78 is 52.6. The lowest BCUT2D eigenvalue weighted by Gasteiger charge is -2.22. The van der Waals surface area contributed by atoms with Crippen LogP contribution in [0.4, 0.5) is 0 Å². The molecule has 0 aromatic heterocycles. The molecule has 0 spiro atoms. The highest BCUT2D eigenvalue weighted by Crippen LogP contribution is 2.21. The van der Waals surface area contributed by atoms with Crippen molar-refractivity contribution >= 4 is 19.9 Å². The Balaban J connectivity index is 1.61. The van der Waals surface area contributed by atoms with Crippen LogP contribution in [0.1, 0.15) is 62.6 Å². The average Bonchev–Trinajstić information content (AvgIpc) is 2.73. The first-order valence-electron chi connectivity index (χ1n) is 11.1. The number of benzene rings is 2. The zero-order valence-corrected chi connectivity index (χ0v) is 20.0. The predicted molar refractivity (Wildman–Crippen MR) is 125 cm³/mol. The lowest BCUT2D eigenvalue weighted by Crippen LogP contribution is -2.36. The summed E-state index contributed by atoms with van der Waals surface area (Å²) in [5.74, 6) is 0.0544. The number of hydrogen-bond donors (Lipinski definition) is 1. The molecular weight excluding hydrogens is 430 g/mol. The molecule has 0 amide bonds. The Bertz CT molecular complexity index is 1070. The van der Waals surface area contributed by atoms with Crippen LogP contribution in [0.5, 0.6) is 0 Å². The van der Waals surface area contributed by atoms with E-state index in [2.05, 4.69) is 4.72 Å². The third-order valence-electron chi connectivity index (χ3n) is 5.95. The van der Waals surface area contributed by atoms with Crippen LogP contribution in [0.25, 0.3) is 0 Å². The topological polar surface area (TPSA) is 80.3 Å². The van der Waals surface area contributed by atoms with E-state index >= 15 is 0 Å². The zero-order valence-electron chi connectivity index (χ0n) is 18.4. The molecule has 1 aliphatic rings. The van der Waals surface area contributed by atoms with E-state index in [9.17, 15) is 16.8 Å². The van der Waals surface area contributed by atoms with Crippen LogP contribution in [0, 0.1) is 0 Å². The van der Waals surface area contributed by atoms with Gasteiger partial charge in [0, 0.05) is 6.04 Å². The second kappa shape index (κ2) is 10.3. The van der Waals surface area contributed by atoms with E-state index in [-0.39, 0.29) is 17.0 Å². The molecule has 0 radical (unpaired) electrons. The Kier molecular flexibility index (Phi) is 7.94. The monoisotopic (exact) mass is 463 g/mol. The van der Waals surface area contributed by atoms with Gasteiger partial charge in [-0.1, -0.05) is 55.7 Å². The van der Waals surface area contributed by atoms with E-state index in [0.717, 1.165) is 55.2 Å². The van der Waals surface area contributed by atoms with Crippen LogP contribution < -0.4 is 4.72 Å². The Hall–Kier alpha value is -1.70. The number of sulfone groups is 1. The van der Waals surface area contributed by atoms with Gasteiger partial charge in [-0.3, -0.25) is 0 Å². The quantitative estimate of drug-likeness (QED) is 0.597. The summed E-state index contributed by atoms with van der Waals surface area (Å²) in [6.45, 7) is 3.39. The number of rotatable bonds is 9. The molecule has 5 nitrogen and oxygen atoms in total. The summed E-state index contributed by atoms with van der Waals surface area (Å²) in [5.41, 5.74) is 2.86. The van der Waals surface area contributed by atoms with Crippen molar-refractivity contribution in [1.29, 1.82) is 0 Å². The second-order valence-corrected chi connectivity index (χ2v) is 13.0. The maximum absolute atomic E-state index is 12.8. The third-order valence-corrected chi connectivity index (χ3v) is 9.64. The largest absolute Gasteiger partial charge is 0.240 e. The Morgan fingerprint density at radius 1 is 0.839 bits per heavy atom. The van der Waals surface area contributed by atoms with Crippen LogP contribution in [0.3, 0.4) is 0 Å². The van der Waals surface area contributed by atoms with Gasteiger partial charge in [-0.2, -0.15) is 0 Å². The van der Waals surface area contributed by atoms with Crippen LogP contribution >= 0.6 is 0 Å². The molecule has 0 atom stereocenters. The van der Waals surface area contributed by atoms with Gasteiger partial charge in [0.1, 0.15) is 0 Å². The maximum atomic E-state index is 12.8. The highest BCUT2D eigenvalue weighted by molar-refractivity contribution is 7.91. The number of sulfonamides is 1. The van der Waals surface area contributed by atoms with Crippen molar-refractivity contribution in [1.82, 2.24) is 4.72 Å². The molecular formula is C24H33NO4S2. The van der Waals surface area contributed by atoms with Crippen molar-refractivity contribution in [2.45, 2.75) is 80.7 Å². The first-order valence-corrected chi connectivity index (χ1v) is 14.3. The van der Waals surface area contributed by atoms with Gasteiger partial charge >= 0.3 is 0 Å². The summed E-state index contributed by atoms with van der Waals surface area (Å²) in [5, 5.41) is -0.386. The normalized spacial score (nSPS) is 16.0.